The SMILES string of the molecule is CCOC(C)C(=O)[O-].CCOC(C)C(=O)[O-].[Na+].[Na+]. The van der Waals surface area contributed by atoms with E-state index in [9.17, 15) is 19.8 Å². The fourth-order valence-corrected chi connectivity index (χ4v) is 0.636. The molecule has 0 amide bonds. The van der Waals surface area contributed by atoms with Crippen molar-refractivity contribution in [3.63, 3.8) is 0 Å². The molecule has 0 aromatic rings. The summed E-state index contributed by atoms with van der Waals surface area (Å²) >= 11 is 0. The summed E-state index contributed by atoms with van der Waals surface area (Å²) in [4.78, 5) is 19.7. The van der Waals surface area contributed by atoms with E-state index in [4.69, 9.17) is 0 Å². The Balaban J connectivity index is -0.0000000980. The third-order valence-electron chi connectivity index (χ3n) is 1.50. The van der Waals surface area contributed by atoms with Gasteiger partial charge in [-0.05, 0) is 27.7 Å². The largest absolute Gasteiger partial charge is 1.00 e. The van der Waals surface area contributed by atoms with Gasteiger partial charge in [-0.15, -0.1) is 0 Å². The molecule has 0 spiro atoms. The van der Waals surface area contributed by atoms with Crippen LogP contribution >= 0.6 is 0 Å². The van der Waals surface area contributed by atoms with Crippen LogP contribution in [0.15, 0.2) is 0 Å². The number of ether oxygens (including phenoxy) is 2. The van der Waals surface area contributed by atoms with Crippen LogP contribution in [-0.4, -0.2) is 37.4 Å². The number of carboxylic acid groups (broad SMARTS) is 2. The standard InChI is InChI=1S/2C5H10O3.2Na/c2*1-3-8-4(2)5(6)7;;/h2*4H,3H2,1-2H3,(H,6,7);;/q;;2*+1/p-2. The number of carbonyl (C=O) groups excluding carboxylic acids is 2. The third kappa shape index (κ3) is 19.2. The van der Waals surface area contributed by atoms with Crippen LogP contribution in [0, 0.1) is 0 Å². The van der Waals surface area contributed by atoms with Gasteiger partial charge in [-0.2, -0.15) is 0 Å². The summed E-state index contributed by atoms with van der Waals surface area (Å²) in [5.74, 6) is -2.32. The first kappa shape index (κ1) is 27.2. The Hall–Kier alpha value is 0.860. The van der Waals surface area contributed by atoms with Gasteiger partial charge in [0, 0.05) is 13.2 Å². The molecular formula is C10H18Na2O6. The number of rotatable bonds is 6. The maximum atomic E-state index is 9.85. The minimum Gasteiger partial charge on any atom is -0.547 e. The van der Waals surface area contributed by atoms with E-state index >= 15 is 0 Å². The van der Waals surface area contributed by atoms with Gasteiger partial charge in [-0.1, -0.05) is 0 Å². The predicted molar refractivity (Wildman–Crippen MR) is 52.2 cm³/mol. The van der Waals surface area contributed by atoms with Crippen LogP contribution in [-0.2, 0) is 19.1 Å². The minimum atomic E-state index is -1.16. The van der Waals surface area contributed by atoms with Crippen LogP contribution in [0.1, 0.15) is 27.7 Å². The molecule has 0 aliphatic carbocycles. The Kier molecular flexibility index (Phi) is 27.0. The molecule has 2 atom stereocenters. The first-order valence-electron chi connectivity index (χ1n) is 5.01. The molecule has 0 aliphatic rings. The fraction of sp³-hybridized carbons (Fsp3) is 0.800. The van der Waals surface area contributed by atoms with E-state index in [-0.39, 0.29) is 59.1 Å². The van der Waals surface area contributed by atoms with Crippen molar-refractivity contribution in [2.45, 2.75) is 39.9 Å². The molecule has 0 aromatic carbocycles. The Morgan fingerprint density at radius 2 is 1.11 bits per heavy atom. The van der Waals surface area contributed by atoms with Crippen molar-refractivity contribution in [1.82, 2.24) is 0 Å². The van der Waals surface area contributed by atoms with Gasteiger partial charge in [-0.3, -0.25) is 0 Å². The quantitative estimate of drug-likeness (QED) is 0.448. The predicted octanol–water partition coefficient (Wildman–Crippen LogP) is -7.67. The van der Waals surface area contributed by atoms with Gasteiger partial charge in [0.2, 0.25) is 0 Å². The zero-order valence-electron chi connectivity index (χ0n) is 12.0. The van der Waals surface area contributed by atoms with Crippen LogP contribution in [0.4, 0.5) is 0 Å². The van der Waals surface area contributed by atoms with Crippen molar-refractivity contribution in [1.29, 1.82) is 0 Å². The van der Waals surface area contributed by atoms with Crippen molar-refractivity contribution < 1.29 is 88.4 Å². The van der Waals surface area contributed by atoms with Crippen molar-refractivity contribution in [3.8, 4) is 0 Å². The van der Waals surface area contributed by atoms with Crippen LogP contribution in [0.25, 0.3) is 0 Å². The minimum absolute atomic E-state index is 0. The van der Waals surface area contributed by atoms with Crippen LogP contribution in [0.3, 0.4) is 0 Å². The summed E-state index contributed by atoms with van der Waals surface area (Å²) in [6.45, 7) is 7.18. The maximum Gasteiger partial charge on any atom is 1.00 e. The van der Waals surface area contributed by atoms with Crippen LogP contribution in [0.2, 0.25) is 0 Å². The van der Waals surface area contributed by atoms with Gasteiger partial charge in [0.15, 0.2) is 0 Å². The third-order valence-corrected chi connectivity index (χ3v) is 1.50. The number of carboxylic acids is 2. The average Bonchev–Trinajstić information content (AvgIpc) is 2.19. The molecule has 0 heterocycles. The first-order chi connectivity index (χ1) is 7.36. The number of hydrogen-bond donors (Lipinski definition) is 0. The van der Waals surface area contributed by atoms with E-state index in [2.05, 4.69) is 9.47 Å². The van der Waals surface area contributed by atoms with E-state index < -0.39 is 24.1 Å². The Morgan fingerprint density at radius 1 is 0.889 bits per heavy atom. The number of carbonyl (C=O) groups is 2. The topological polar surface area (TPSA) is 98.7 Å². The van der Waals surface area contributed by atoms with Gasteiger partial charge in [0.1, 0.15) is 0 Å². The average molecular weight is 280 g/mol. The second-order valence-electron chi connectivity index (χ2n) is 2.83. The van der Waals surface area contributed by atoms with Crippen molar-refractivity contribution in [2.24, 2.45) is 0 Å². The second kappa shape index (κ2) is 17.9. The van der Waals surface area contributed by atoms with E-state index in [1.807, 2.05) is 0 Å². The van der Waals surface area contributed by atoms with Crippen LogP contribution in [0.5, 0.6) is 0 Å². The molecule has 18 heavy (non-hydrogen) atoms. The van der Waals surface area contributed by atoms with Gasteiger partial charge in [0.25, 0.3) is 0 Å². The number of aliphatic carboxylic acids is 2. The van der Waals surface area contributed by atoms with Gasteiger partial charge >= 0.3 is 59.1 Å². The van der Waals surface area contributed by atoms with Gasteiger partial charge in [0.05, 0.1) is 24.1 Å². The van der Waals surface area contributed by atoms with Crippen molar-refractivity contribution in [3.05, 3.63) is 0 Å². The molecule has 0 N–H and O–H groups in total. The summed E-state index contributed by atoms with van der Waals surface area (Å²) < 4.78 is 9.28. The summed E-state index contributed by atoms with van der Waals surface area (Å²) in [5, 5.41) is 19.7. The maximum absolute atomic E-state index is 9.85. The molecule has 96 valence electrons. The molecule has 8 heteroatoms. The second-order valence-corrected chi connectivity index (χ2v) is 2.83. The molecule has 0 aromatic heterocycles. The zero-order chi connectivity index (χ0) is 13.1. The Bertz CT molecular complexity index is 191. The fourth-order valence-electron chi connectivity index (χ4n) is 0.636. The van der Waals surface area contributed by atoms with Gasteiger partial charge < -0.3 is 29.3 Å². The summed E-state index contributed by atoms with van der Waals surface area (Å²) in [7, 11) is 0. The van der Waals surface area contributed by atoms with E-state index in [0.717, 1.165) is 0 Å². The molecule has 0 fully saturated rings. The number of hydrogen-bond acceptors (Lipinski definition) is 6. The molecule has 0 aliphatic heterocycles. The Labute approximate surface area is 152 Å². The zero-order valence-corrected chi connectivity index (χ0v) is 16.0. The summed E-state index contributed by atoms with van der Waals surface area (Å²) in [6.07, 6.45) is -1.56. The Morgan fingerprint density at radius 3 is 1.17 bits per heavy atom. The van der Waals surface area contributed by atoms with E-state index in [1.54, 1.807) is 13.8 Å². The van der Waals surface area contributed by atoms with E-state index in [1.165, 1.54) is 13.8 Å². The van der Waals surface area contributed by atoms with Crippen molar-refractivity contribution in [2.75, 3.05) is 13.2 Å². The van der Waals surface area contributed by atoms with Crippen LogP contribution < -0.4 is 69.3 Å². The smallest absolute Gasteiger partial charge is 0.547 e. The van der Waals surface area contributed by atoms with E-state index in [0.29, 0.717) is 13.2 Å². The summed E-state index contributed by atoms with van der Waals surface area (Å²) in [5.41, 5.74) is 0. The molecule has 2 unspecified atom stereocenters. The monoisotopic (exact) mass is 280 g/mol. The molecule has 6 nitrogen and oxygen atoms in total. The van der Waals surface area contributed by atoms with Gasteiger partial charge in [-0.25, -0.2) is 0 Å². The molecule has 0 bridgehead atoms. The first-order valence-corrected chi connectivity index (χ1v) is 5.01. The normalized spacial score (nSPS) is 11.8. The molecule has 0 saturated carbocycles. The summed E-state index contributed by atoms with van der Waals surface area (Å²) in [6, 6.07) is 0. The molecular weight excluding hydrogens is 262 g/mol. The van der Waals surface area contributed by atoms with Crippen molar-refractivity contribution >= 4 is 11.9 Å². The molecule has 0 radical (unpaired) electrons. The molecule has 0 saturated heterocycles. The molecule has 0 rings (SSSR count).